The van der Waals surface area contributed by atoms with Crippen molar-refractivity contribution in [2.24, 2.45) is 0 Å². The third-order valence-electron chi connectivity index (χ3n) is 4.98. The van der Waals surface area contributed by atoms with Crippen molar-refractivity contribution in [3.63, 3.8) is 0 Å². The van der Waals surface area contributed by atoms with Crippen LogP contribution in [0.3, 0.4) is 0 Å². The SMILES string of the molecule is COc1cccc(CN2CCC3(CC2)NC(=O)c2ccccc2O3)c1. The number of ether oxygens (including phenoxy) is 2. The molecule has 2 aliphatic rings. The van der Waals surface area contributed by atoms with Crippen LogP contribution in [0, 0.1) is 0 Å². The van der Waals surface area contributed by atoms with Gasteiger partial charge in [0.25, 0.3) is 5.91 Å². The topological polar surface area (TPSA) is 50.8 Å². The largest absolute Gasteiger partial charge is 0.497 e. The van der Waals surface area contributed by atoms with Crippen molar-refractivity contribution < 1.29 is 14.3 Å². The van der Waals surface area contributed by atoms with Crippen LogP contribution in [0.25, 0.3) is 0 Å². The number of amides is 1. The Kier molecular flexibility index (Phi) is 4.09. The van der Waals surface area contributed by atoms with Crippen LogP contribution in [0.2, 0.25) is 0 Å². The molecule has 1 amide bonds. The molecular weight excluding hydrogens is 316 g/mol. The second-order valence-electron chi connectivity index (χ2n) is 6.67. The minimum Gasteiger partial charge on any atom is -0.497 e. The van der Waals surface area contributed by atoms with E-state index in [-0.39, 0.29) is 5.91 Å². The number of carbonyl (C=O) groups is 1. The summed E-state index contributed by atoms with van der Waals surface area (Å²) in [6, 6.07) is 15.6. The van der Waals surface area contributed by atoms with Gasteiger partial charge in [0.05, 0.1) is 12.7 Å². The van der Waals surface area contributed by atoms with Crippen molar-refractivity contribution in [3.05, 3.63) is 59.7 Å². The Morgan fingerprint density at radius 1 is 1.16 bits per heavy atom. The monoisotopic (exact) mass is 338 g/mol. The smallest absolute Gasteiger partial charge is 0.258 e. The van der Waals surface area contributed by atoms with E-state index >= 15 is 0 Å². The van der Waals surface area contributed by atoms with Gasteiger partial charge in [-0.05, 0) is 29.8 Å². The number of nitrogens with zero attached hydrogens (tertiary/aromatic N) is 1. The maximum atomic E-state index is 12.4. The summed E-state index contributed by atoms with van der Waals surface area (Å²) in [6.45, 7) is 2.62. The highest BCUT2D eigenvalue weighted by molar-refractivity contribution is 5.98. The number of likely N-dealkylation sites (tertiary alicyclic amines) is 1. The highest BCUT2D eigenvalue weighted by Gasteiger charge is 2.42. The van der Waals surface area contributed by atoms with E-state index in [9.17, 15) is 4.79 Å². The van der Waals surface area contributed by atoms with Crippen molar-refractivity contribution in [2.75, 3.05) is 20.2 Å². The van der Waals surface area contributed by atoms with Gasteiger partial charge in [0.2, 0.25) is 0 Å². The van der Waals surface area contributed by atoms with Gasteiger partial charge >= 0.3 is 0 Å². The summed E-state index contributed by atoms with van der Waals surface area (Å²) in [5.74, 6) is 1.53. The Morgan fingerprint density at radius 3 is 2.76 bits per heavy atom. The molecule has 5 heteroatoms. The summed E-state index contributed by atoms with van der Waals surface area (Å²) >= 11 is 0. The van der Waals surface area contributed by atoms with E-state index in [1.54, 1.807) is 13.2 Å². The molecule has 1 saturated heterocycles. The van der Waals surface area contributed by atoms with Gasteiger partial charge in [0.1, 0.15) is 11.5 Å². The van der Waals surface area contributed by atoms with E-state index in [2.05, 4.69) is 22.3 Å². The minimum absolute atomic E-state index is 0.0388. The summed E-state index contributed by atoms with van der Waals surface area (Å²) in [6.07, 6.45) is 1.55. The lowest BCUT2D eigenvalue weighted by Gasteiger charge is -2.44. The van der Waals surface area contributed by atoms with E-state index < -0.39 is 5.72 Å². The van der Waals surface area contributed by atoms with Gasteiger partial charge in [-0.2, -0.15) is 0 Å². The lowest BCUT2D eigenvalue weighted by Crippen LogP contribution is -2.60. The summed E-state index contributed by atoms with van der Waals surface area (Å²) < 4.78 is 11.5. The molecule has 4 rings (SSSR count). The van der Waals surface area contributed by atoms with E-state index in [1.165, 1.54) is 5.56 Å². The number of benzene rings is 2. The fourth-order valence-electron chi connectivity index (χ4n) is 3.58. The number of hydrogen-bond donors (Lipinski definition) is 1. The Balaban J connectivity index is 1.42. The van der Waals surface area contributed by atoms with Crippen LogP contribution in [0.1, 0.15) is 28.8 Å². The molecule has 1 spiro atoms. The molecule has 0 aromatic heterocycles. The number of nitrogens with one attached hydrogen (secondary N) is 1. The quantitative estimate of drug-likeness (QED) is 0.935. The second-order valence-corrected chi connectivity index (χ2v) is 6.67. The van der Waals surface area contributed by atoms with E-state index in [1.807, 2.05) is 30.3 Å². The number of fused-ring (bicyclic) bond motifs is 1. The Morgan fingerprint density at radius 2 is 1.96 bits per heavy atom. The lowest BCUT2D eigenvalue weighted by molar-refractivity contribution is -0.0304. The standard InChI is InChI=1S/C20H22N2O3/c1-24-16-6-4-5-15(13-16)14-22-11-9-20(10-12-22)21-19(23)17-7-2-3-8-18(17)25-20/h2-8,13H,9-12,14H2,1H3,(H,21,23). The summed E-state index contributed by atoms with van der Waals surface area (Å²) in [7, 11) is 1.69. The van der Waals surface area contributed by atoms with Crippen LogP contribution in [-0.4, -0.2) is 36.7 Å². The molecule has 130 valence electrons. The minimum atomic E-state index is -0.573. The zero-order valence-corrected chi connectivity index (χ0v) is 14.3. The first-order valence-corrected chi connectivity index (χ1v) is 8.63. The molecule has 0 unspecified atom stereocenters. The number of methoxy groups -OCH3 is 1. The van der Waals surface area contributed by atoms with E-state index in [0.717, 1.165) is 38.2 Å². The number of rotatable bonds is 3. The Hall–Kier alpha value is -2.53. The predicted octanol–water partition coefficient (Wildman–Crippen LogP) is 2.81. The highest BCUT2D eigenvalue weighted by Crippen LogP contribution is 2.33. The number of piperidine rings is 1. The van der Waals surface area contributed by atoms with Crippen LogP contribution in [-0.2, 0) is 6.54 Å². The van der Waals surface area contributed by atoms with Crippen molar-refractivity contribution in [1.29, 1.82) is 0 Å². The van der Waals surface area contributed by atoms with E-state index in [4.69, 9.17) is 9.47 Å². The van der Waals surface area contributed by atoms with Gasteiger partial charge in [-0.15, -0.1) is 0 Å². The van der Waals surface area contributed by atoms with Crippen LogP contribution >= 0.6 is 0 Å². The summed E-state index contributed by atoms with van der Waals surface area (Å²) in [5.41, 5.74) is 1.28. The first kappa shape index (κ1) is 16.0. The summed E-state index contributed by atoms with van der Waals surface area (Å²) in [5, 5.41) is 3.08. The third kappa shape index (κ3) is 3.20. The van der Waals surface area contributed by atoms with Crippen molar-refractivity contribution in [1.82, 2.24) is 10.2 Å². The van der Waals surface area contributed by atoms with Crippen LogP contribution in [0.5, 0.6) is 11.5 Å². The average molecular weight is 338 g/mol. The number of para-hydroxylation sites is 1. The van der Waals surface area contributed by atoms with Crippen LogP contribution < -0.4 is 14.8 Å². The van der Waals surface area contributed by atoms with Crippen LogP contribution in [0.15, 0.2) is 48.5 Å². The Labute approximate surface area is 147 Å². The zero-order chi connectivity index (χ0) is 17.3. The molecule has 0 bridgehead atoms. The molecule has 5 nitrogen and oxygen atoms in total. The van der Waals surface area contributed by atoms with Gasteiger partial charge < -0.3 is 14.8 Å². The molecule has 0 radical (unpaired) electrons. The third-order valence-corrected chi connectivity index (χ3v) is 4.98. The van der Waals surface area contributed by atoms with Crippen molar-refractivity contribution in [2.45, 2.75) is 25.1 Å². The van der Waals surface area contributed by atoms with Gasteiger partial charge in [-0.1, -0.05) is 24.3 Å². The first-order valence-electron chi connectivity index (χ1n) is 8.63. The summed E-state index contributed by atoms with van der Waals surface area (Å²) in [4.78, 5) is 14.8. The molecule has 2 aliphatic heterocycles. The normalized spacial score (nSPS) is 19.0. The fourth-order valence-corrected chi connectivity index (χ4v) is 3.58. The molecule has 25 heavy (non-hydrogen) atoms. The molecule has 2 heterocycles. The average Bonchev–Trinajstić information content (AvgIpc) is 2.64. The number of carbonyl (C=O) groups excluding carboxylic acids is 1. The van der Waals surface area contributed by atoms with Crippen molar-refractivity contribution in [3.8, 4) is 11.5 Å². The molecule has 0 atom stereocenters. The fraction of sp³-hybridized carbons (Fsp3) is 0.350. The van der Waals surface area contributed by atoms with Gasteiger partial charge in [0.15, 0.2) is 5.72 Å². The molecule has 1 fully saturated rings. The maximum Gasteiger partial charge on any atom is 0.258 e. The van der Waals surface area contributed by atoms with E-state index in [0.29, 0.717) is 11.3 Å². The number of hydrogen-bond acceptors (Lipinski definition) is 4. The second kappa shape index (κ2) is 6.41. The van der Waals surface area contributed by atoms with Gasteiger partial charge in [0, 0.05) is 32.5 Å². The molecule has 1 N–H and O–H groups in total. The Bertz CT molecular complexity index is 782. The molecule has 0 aliphatic carbocycles. The highest BCUT2D eigenvalue weighted by atomic mass is 16.5. The molecule has 0 saturated carbocycles. The molecule has 2 aromatic rings. The van der Waals surface area contributed by atoms with Gasteiger partial charge in [-0.25, -0.2) is 0 Å². The first-order chi connectivity index (χ1) is 12.2. The van der Waals surface area contributed by atoms with Gasteiger partial charge in [-0.3, -0.25) is 9.69 Å². The van der Waals surface area contributed by atoms with Crippen molar-refractivity contribution >= 4 is 5.91 Å². The predicted molar refractivity (Wildman–Crippen MR) is 94.8 cm³/mol. The van der Waals surface area contributed by atoms with Crippen LogP contribution in [0.4, 0.5) is 0 Å². The molecular formula is C20H22N2O3. The lowest BCUT2D eigenvalue weighted by atomic mass is 9.96. The molecule has 2 aromatic carbocycles. The maximum absolute atomic E-state index is 12.4. The zero-order valence-electron chi connectivity index (χ0n) is 14.3.